The molecule has 6 heteroatoms. The van der Waals surface area contributed by atoms with Crippen molar-refractivity contribution in [1.82, 2.24) is 8.75 Å². The lowest BCUT2D eigenvalue weighted by Gasteiger charge is -2.14. The van der Waals surface area contributed by atoms with E-state index in [0.29, 0.717) is 18.3 Å². The number of hydrogen-bond acceptors (Lipinski definition) is 6. The molecule has 0 aliphatic rings. The summed E-state index contributed by atoms with van der Waals surface area (Å²) >= 11 is 1.08. The third kappa shape index (κ3) is 4.47. The van der Waals surface area contributed by atoms with Crippen molar-refractivity contribution in [2.45, 2.75) is 25.9 Å². The predicted molar refractivity (Wildman–Crippen MR) is 80.4 cm³/mol. The molecule has 2 aromatic rings. The van der Waals surface area contributed by atoms with Crippen LogP contribution in [0.5, 0.6) is 5.88 Å². The van der Waals surface area contributed by atoms with Crippen LogP contribution in [0.2, 0.25) is 0 Å². The highest BCUT2D eigenvalue weighted by Crippen LogP contribution is 2.18. The average molecular weight is 293 g/mol. The van der Waals surface area contributed by atoms with Gasteiger partial charge in [0.1, 0.15) is 18.9 Å². The van der Waals surface area contributed by atoms with E-state index in [1.54, 1.807) is 0 Å². The SMILES string of the molecule is CC(C)c1cccc(NCC(O)COc2cnsn2)c1. The third-order valence-electron chi connectivity index (χ3n) is 2.86. The van der Waals surface area contributed by atoms with Crippen LogP contribution >= 0.6 is 11.7 Å². The minimum absolute atomic E-state index is 0.197. The van der Waals surface area contributed by atoms with Gasteiger partial charge in [0.2, 0.25) is 5.88 Å². The van der Waals surface area contributed by atoms with Crippen molar-refractivity contribution in [2.24, 2.45) is 0 Å². The molecule has 108 valence electrons. The fraction of sp³-hybridized carbons (Fsp3) is 0.429. The maximum absolute atomic E-state index is 9.86. The Balaban J connectivity index is 1.78. The summed E-state index contributed by atoms with van der Waals surface area (Å²) in [4.78, 5) is 0. The first-order valence-corrected chi connectivity index (χ1v) is 7.30. The number of nitrogens with one attached hydrogen (secondary N) is 1. The number of ether oxygens (including phenoxy) is 1. The van der Waals surface area contributed by atoms with E-state index in [1.807, 2.05) is 12.1 Å². The second kappa shape index (κ2) is 7.21. The fourth-order valence-electron chi connectivity index (χ4n) is 1.70. The number of anilines is 1. The van der Waals surface area contributed by atoms with E-state index in [9.17, 15) is 5.11 Å². The van der Waals surface area contributed by atoms with Crippen molar-refractivity contribution < 1.29 is 9.84 Å². The molecular formula is C14H19N3O2S. The molecule has 0 spiro atoms. The van der Waals surface area contributed by atoms with E-state index in [-0.39, 0.29) is 6.61 Å². The van der Waals surface area contributed by atoms with E-state index in [2.05, 4.69) is 40.0 Å². The lowest BCUT2D eigenvalue weighted by molar-refractivity contribution is 0.115. The zero-order chi connectivity index (χ0) is 14.4. The van der Waals surface area contributed by atoms with Gasteiger partial charge in [0.15, 0.2) is 0 Å². The zero-order valence-corrected chi connectivity index (χ0v) is 12.4. The largest absolute Gasteiger partial charge is 0.473 e. The summed E-state index contributed by atoms with van der Waals surface area (Å²) in [6, 6.07) is 8.21. The molecule has 1 heterocycles. The van der Waals surface area contributed by atoms with Crippen LogP contribution in [-0.4, -0.2) is 33.1 Å². The molecule has 0 bridgehead atoms. The van der Waals surface area contributed by atoms with Gasteiger partial charge in [-0.05, 0) is 23.6 Å². The topological polar surface area (TPSA) is 67.3 Å². The maximum Gasteiger partial charge on any atom is 0.245 e. The van der Waals surface area contributed by atoms with E-state index in [4.69, 9.17) is 4.74 Å². The Bertz CT molecular complexity index is 517. The van der Waals surface area contributed by atoms with Gasteiger partial charge in [-0.2, -0.15) is 4.37 Å². The van der Waals surface area contributed by atoms with E-state index < -0.39 is 6.10 Å². The van der Waals surface area contributed by atoms with Crippen molar-refractivity contribution in [1.29, 1.82) is 0 Å². The molecule has 1 atom stereocenters. The number of aliphatic hydroxyl groups is 1. The van der Waals surface area contributed by atoms with Crippen LogP contribution in [0.1, 0.15) is 25.3 Å². The number of nitrogens with zero attached hydrogens (tertiary/aromatic N) is 2. The van der Waals surface area contributed by atoms with Gasteiger partial charge in [-0.15, -0.1) is 4.37 Å². The highest BCUT2D eigenvalue weighted by molar-refractivity contribution is 6.99. The lowest BCUT2D eigenvalue weighted by Crippen LogP contribution is -2.26. The summed E-state index contributed by atoms with van der Waals surface area (Å²) in [7, 11) is 0. The maximum atomic E-state index is 9.86. The highest BCUT2D eigenvalue weighted by atomic mass is 32.1. The van der Waals surface area contributed by atoms with Crippen molar-refractivity contribution in [2.75, 3.05) is 18.5 Å². The molecule has 20 heavy (non-hydrogen) atoms. The summed E-state index contributed by atoms with van der Waals surface area (Å²) in [5.74, 6) is 0.943. The number of aliphatic hydroxyl groups excluding tert-OH is 1. The molecule has 1 unspecified atom stereocenters. The van der Waals surface area contributed by atoms with Gasteiger partial charge in [0, 0.05) is 12.2 Å². The highest BCUT2D eigenvalue weighted by Gasteiger charge is 2.07. The van der Waals surface area contributed by atoms with Gasteiger partial charge in [0.05, 0.1) is 11.7 Å². The van der Waals surface area contributed by atoms with Crippen molar-refractivity contribution in [3.05, 3.63) is 36.0 Å². The third-order valence-corrected chi connectivity index (χ3v) is 3.32. The zero-order valence-electron chi connectivity index (χ0n) is 11.6. The van der Waals surface area contributed by atoms with Crippen LogP contribution in [0.25, 0.3) is 0 Å². The van der Waals surface area contributed by atoms with E-state index in [1.165, 1.54) is 11.8 Å². The Hall–Kier alpha value is -1.66. The summed E-state index contributed by atoms with van der Waals surface area (Å²) < 4.78 is 13.0. The fourth-order valence-corrected chi connectivity index (χ4v) is 2.07. The first-order valence-electron chi connectivity index (χ1n) is 6.57. The molecule has 1 aromatic carbocycles. The molecular weight excluding hydrogens is 274 g/mol. The molecule has 0 amide bonds. The van der Waals surface area contributed by atoms with Crippen molar-refractivity contribution in [3.63, 3.8) is 0 Å². The number of hydrogen-bond donors (Lipinski definition) is 2. The number of rotatable bonds is 7. The Morgan fingerprint density at radius 2 is 2.25 bits per heavy atom. The van der Waals surface area contributed by atoms with Crippen LogP contribution in [0, 0.1) is 0 Å². The molecule has 2 rings (SSSR count). The Kier molecular flexibility index (Phi) is 5.31. The smallest absolute Gasteiger partial charge is 0.245 e. The number of benzene rings is 1. The van der Waals surface area contributed by atoms with Gasteiger partial charge < -0.3 is 15.2 Å². The van der Waals surface area contributed by atoms with Gasteiger partial charge >= 0.3 is 0 Å². The molecule has 0 saturated carbocycles. The minimum atomic E-state index is -0.598. The van der Waals surface area contributed by atoms with Crippen LogP contribution in [0.15, 0.2) is 30.5 Å². The Morgan fingerprint density at radius 3 is 2.95 bits per heavy atom. The van der Waals surface area contributed by atoms with Crippen molar-refractivity contribution >= 4 is 17.4 Å². The molecule has 1 aromatic heterocycles. The Morgan fingerprint density at radius 1 is 1.40 bits per heavy atom. The average Bonchev–Trinajstić information content (AvgIpc) is 2.96. The molecule has 0 saturated heterocycles. The summed E-state index contributed by atoms with van der Waals surface area (Å²) in [6.07, 6.45) is 0.941. The van der Waals surface area contributed by atoms with Crippen LogP contribution in [0.4, 0.5) is 5.69 Å². The molecule has 0 radical (unpaired) electrons. The summed E-state index contributed by atoms with van der Waals surface area (Å²) in [5, 5.41) is 13.1. The molecule has 5 nitrogen and oxygen atoms in total. The second-order valence-corrected chi connectivity index (χ2v) is 5.43. The van der Waals surface area contributed by atoms with Crippen LogP contribution in [0.3, 0.4) is 0 Å². The molecule has 2 N–H and O–H groups in total. The minimum Gasteiger partial charge on any atom is -0.473 e. The van der Waals surface area contributed by atoms with Crippen LogP contribution < -0.4 is 10.1 Å². The van der Waals surface area contributed by atoms with Gasteiger partial charge in [-0.1, -0.05) is 26.0 Å². The van der Waals surface area contributed by atoms with E-state index in [0.717, 1.165) is 17.4 Å². The van der Waals surface area contributed by atoms with Crippen LogP contribution in [-0.2, 0) is 0 Å². The second-order valence-electron chi connectivity index (χ2n) is 4.87. The van der Waals surface area contributed by atoms with Gasteiger partial charge in [-0.25, -0.2) is 0 Å². The summed E-state index contributed by atoms with van der Waals surface area (Å²) in [6.45, 7) is 4.94. The Labute approximate surface area is 122 Å². The summed E-state index contributed by atoms with van der Waals surface area (Å²) in [5.41, 5.74) is 2.28. The molecule has 0 fully saturated rings. The molecule has 0 aliphatic carbocycles. The van der Waals surface area contributed by atoms with Gasteiger partial charge in [-0.3, -0.25) is 0 Å². The quantitative estimate of drug-likeness (QED) is 0.821. The first-order chi connectivity index (χ1) is 9.65. The first kappa shape index (κ1) is 14.7. The monoisotopic (exact) mass is 293 g/mol. The number of aromatic nitrogens is 2. The predicted octanol–water partition coefficient (Wildman–Crippen LogP) is 2.51. The van der Waals surface area contributed by atoms with E-state index >= 15 is 0 Å². The van der Waals surface area contributed by atoms with Crippen molar-refractivity contribution in [3.8, 4) is 5.88 Å². The van der Waals surface area contributed by atoms with Gasteiger partial charge in [0.25, 0.3) is 0 Å². The molecule has 0 aliphatic heterocycles. The lowest BCUT2D eigenvalue weighted by atomic mass is 10.0. The standard InChI is InChI=1S/C14H19N3O2S/c1-10(2)11-4-3-5-12(6-11)15-7-13(18)9-19-14-8-16-20-17-14/h3-6,8,10,13,15,18H,7,9H2,1-2H3. The normalized spacial score (nSPS) is 12.4.